The number of amides is 2. The van der Waals surface area contributed by atoms with Crippen LogP contribution in [0, 0.1) is 13.8 Å². The van der Waals surface area contributed by atoms with E-state index in [2.05, 4.69) is 41.4 Å². The van der Waals surface area contributed by atoms with Crippen molar-refractivity contribution in [3.05, 3.63) is 70.8 Å². The Labute approximate surface area is 202 Å². The first-order valence-electron chi connectivity index (χ1n) is 12.7. The molecule has 2 aromatic carbocycles. The lowest BCUT2D eigenvalue weighted by Gasteiger charge is -2.32. The molecule has 2 heterocycles. The number of aryl methyl sites for hydroxylation is 2. The molecule has 2 saturated heterocycles. The van der Waals surface area contributed by atoms with Crippen molar-refractivity contribution in [1.29, 1.82) is 0 Å². The van der Waals surface area contributed by atoms with Crippen LogP contribution in [0.3, 0.4) is 0 Å². The number of piperazine rings is 1. The smallest absolute Gasteiger partial charge is 0.254 e. The van der Waals surface area contributed by atoms with Crippen LogP contribution >= 0.6 is 0 Å². The summed E-state index contributed by atoms with van der Waals surface area (Å²) in [7, 11) is 0. The quantitative estimate of drug-likeness (QED) is 0.720. The Bertz CT molecular complexity index is 1030. The summed E-state index contributed by atoms with van der Waals surface area (Å²) in [6, 6.07) is 16.6. The van der Waals surface area contributed by atoms with Crippen molar-refractivity contribution in [2.75, 3.05) is 32.7 Å². The van der Waals surface area contributed by atoms with E-state index >= 15 is 0 Å². The summed E-state index contributed by atoms with van der Waals surface area (Å²) in [5.41, 5.74) is 4.43. The monoisotopic (exact) mass is 460 g/mol. The second-order valence-corrected chi connectivity index (χ2v) is 10.1. The van der Waals surface area contributed by atoms with Gasteiger partial charge in [-0.1, -0.05) is 42.0 Å². The third kappa shape index (κ3) is 4.89. The van der Waals surface area contributed by atoms with E-state index in [0.29, 0.717) is 37.7 Å². The summed E-state index contributed by atoms with van der Waals surface area (Å²) >= 11 is 0. The van der Waals surface area contributed by atoms with Gasteiger partial charge in [0.2, 0.25) is 5.91 Å². The molecule has 6 heteroatoms. The van der Waals surface area contributed by atoms with E-state index in [1.165, 1.54) is 24.0 Å². The van der Waals surface area contributed by atoms with Crippen molar-refractivity contribution in [3.63, 3.8) is 0 Å². The van der Waals surface area contributed by atoms with Crippen LogP contribution in [-0.2, 0) is 11.3 Å². The Morgan fingerprint density at radius 1 is 0.971 bits per heavy atom. The zero-order valence-electron chi connectivity index (χ0n) is 20.4. The number of hydrogen-bond donors (Lipinski definition) is 1. The van der Waals surface area contributed by atoms with Crippen LogP contribution in [-0.4, -0.2) is 77.4 Å². The van der Waals surface area contributed by atoms with E-state index in [4.69, 9.17) is 0 Å². The fourth-order valence-corrected chi connectivity index (χ4v) is 5.42. The van der Waals surface area contributed by atoms with Gasteiger partial charge in [-0.25, -0.2) is 0 Å². The number of likely N-dealkylation sites (tertiary alicyclic amines) is 1. The molecule has 34 heavy (non-hydrogen) atoms. The molecule has 0 spiro atoms. The number of rotatable bonds is 6. The van der Waals surface area contributed by atoms with Gasteiger partial charge >= 0.3 is 0 Å². The number of benzene rings is 2. The molecule has 5 rings (SSSR count). The summed E-state index contributed by atoms with van der Waals surface area (Å²) in [4.78, 5) is 33.7. The molecular weight excluding hydrogens is 424 g/mol. The van der Waals surface area contributed by atoms with E-state index in [0.717, 1.165) is 25.2 Å². The fraction of sp³-hybridized carbons (Fsp3) is 0.500. The first-order valence-corrected chi connectivity index (χ1v) is 12.7. The molecule has 2 aliphatic heterocycles. The largest absolute Gasteiger partial charge is 0.338 e. The highest BCUT2D eigenvalue weighted by Gasteiger charge is 2.46. The molecule has 3 aliphatic rings. The number of carbonyl (C=O) groups excluding carboxylic acids is 2. The third-order valence-corrected chi connectivity index (χ3v) is 7.65. The molecule has 0 aromatic heterocycles. The number of nitrogens with zero attached hydrogens (tertiary/aromatic N) is 3. The maximum atomic E-state index is 13.7. The van der Waals surface area contributed by atoms with Crippen LogP contribution in [0.25, 0.3) is 0 Å². The fourth-order valence-electron chi connectivity index (χ4n) is 5.42. The molecular formula is C28H36N4O2. The van der Waals surface area contributed by atoms with Gasteiger partial charge in [0.1, 0.15) is 6.04 Å². The summed E-state index contributed by atoms with van der Waals surface area (Å²) in [5.74, 6) is 0.0822. The SMILES string of the molecule is Cc1ccc(C(=O)N2CC(N(Cc3ccccc3C)C3CC3)CC2C(=O)N2CCNCC2)cc1. The molecule has 6 nitrogen and oxygen atoms in total. The third-order valence-electron chi connectivity index (χ3n) is 7.65. The van der Waals surface area contributed by atoms with Crippen LogP contribution in [0.15, 0.2) is 48.5 Å². The van der Waals surface area contributed by atoms with Gasteiger partial charge in [0, 0.05) is 56.9 Å². The molecule has 1 saturated carbocycles. The highest BCUT2D eigenvalue weighted by molar-refractivity contribution is 5.98. The highest BCUT2D eigenvalue weighted by atomic mass is 16.2. The van der Waals surface area contributed by atoms with Crippen LogP contribution < -0.4 is 5.32 Å². The summed E-state index contributed by atoms with van der Waals surface area (Å²) in [6.45, 7) is 8.73. The first-order chi connectivity index (χ1) is 16.5. The van der Waals surface area contributed by atoms with Gasteiger partial charge in [-0.15, -0.1) is 0 Å². The van der Waals surface area contributed by atoms with E-state index in [1.54, 1.807) is 0 Å². The van der Waals surface area contributed by atoms with Gasteiger partial charge in [0.25, 0.3) is 5.91 Å². The molecule has 0 bridgehead atoms. The van der Waals surface area contributed by atoms with Gasteiger partial charge in [-0.3, -0.25) is 14.5 Å². The van der Waals surface area contributed by atoms with Crippen molar-refractivity contribution in [2.24, 2.45) is 0 Å². The van der Waals surface area contributed by atoms with Gasteiger partial charge in [0.15, 0.2) is 0 Å². The van der Waals surface area contributed by atoms with Crippen molar-refractivity contribution in [1.82, 2.24) is 20.0 Å². The molecule has 3 fully saturated rings. The predicted molar refractivity (Wildman–Crippen MR) is 134 cm³/mol. The van der Waals surface area contributed by atoms with Crippen LogP contribution in [0.5, 0.6) is 0 Å². The second-order valence-electron chi connectivity index (χ2n) is 10.1. The van der Waals surface area contributed by atoms with Crippen LogP contribution in [0.1, 0.15) is 46.3 Å². The second kappa shape index (κ2) is 9.88. The predicted octanol–water partition coefficient (Wildman–Crippen LogP) is 2.98. The van der Waals surface area contributed by atoms with E-state index in [-0.39, 0.29) is 17.9 Å². The average Bonchev–Trinajstić information content (AvgIpc) is 3.61. The number of carbonyl (C=O) groups is 2. The minimum absolute atomic E-state index is 0.0253. The lowest BCUT2D eigenvalue weighted by molar-refractivity contribution is -0.135. The lowest BCUT2D eigenvalue weighted by atomic mass is 10.1. The summed E-state index contributed by atoms with van der Waals surface area (Å²) < 4.78 is 0. The molecule has 1 N–H and O–H groups in total. The summed E-state index contributed by atoms with van der Waals surface area (Å²) in [5, 5.41) is 3.33. The molecule has 180 valence electrons. The van der Waals surface area contributed by atoms with E-state index in [1.807, 2.05) is 41.0 Å². The maximum Gasteiger partial charge on any atom is 0.254 e. The molecule has 2 unspecified atom stereocenters. The number of nitrogens with one attached hydrogen (secondary N) is 1. The Morgan fingerprint density at radius 3 is 2.35 bits per heavy atom. The standard InChI is InChI=1S/C28H36N4O2/c1-20-7-9-22(10-8-20)27(33)32-19-25(17-26(32)28(34)30-15-13-29-14-16-30)31(24-11-12-24)18-23-6-4-3-5-21(23)2/h3-10,24-26,29H,11-19H2,1-2H3. The van der Waals surface area contributed by atoms with Gasteiger partial charge in [0.05, 0.1) is 0 Å². The van der Waals surface area contributed by atoms with Gasteiger partial charge in [-0.2, -0.15) is 0 Å². The lowest BCUT2D eigenvalue weighted by Crippen LogP contribution is -2.53. The molecule has 1 aliphatic carbocycles. The molecule has 2 amide bonds. The zero-order valence-corrected chi connectivity index (χ0v) is 20.4. The van der Waals surface area contributed by atoms with Crippen molar-refractivity contribution in [3.8, 4) is 0 Å². The molecule has 0 radical (unpaired) electrons. The van der Waals surface area contributed by atoms with E-state index in [9.17, 15) is 9.59 Å². The van der Waals surface area contributed by atoms with Crippen molar-refractivity contribution < 1.29 is 9.59 Å². The topological polar surface area (TPSA) is 55.9 Å². The maximum absolute atomic E-state index is 13.7. The normalized spacial score (nSPS) is 22.9. The Hall–Kier alpha value is -2.70. The summed E-state index contributed by atoms with van der Waals surface area (Å²) in [6.07, 6.45) is 3.11. The first kappa shape index (κ1) is 23.1. The number of hydrogen-bond acceptors (Lipinski definition) is 4. The minimum atomic E-state index is -0.393. The van der Waals surface area contributed by atoms with Crippen molar-refractivity contribution >= 4 is 11.8 Å². The Morgan fingerprint density at radius 2 is 1.68 bits per heavy atom. The minimum Gasteiger partial charge on any atom is -0.338 e. The van der Waals surface area contributed by atoms with Gasteiger partial charge < -0.3 is 15.1 Å². The molecule has 2 aromatic rings. The Balaban J connectivity index is 1.41. The van der Waals surface area contributed by atoms with Crippen LogP contribution in [0.4, 0.5) is 0 Å². The Kier molecular flexibility index (Phi) is 6.70. The highest BCUT2D eigenvalue weighted by Crippen LogP contribution is 2.36. The molecule has 2 atom stereocenters. The average molecular weight is 461 g/mol. The van der Waals surface area contributed by atoms with E-state index < -0.39 is 6.04 Å². The van der Waals surface area contributed by atoms with Crippen LogP contribution in [0.2, 0.25) is 0 Å². The zero-order chi connectivity index (χ0) is 23.7. The van der Waals surface area contributed by atoms with Crippen molar-refractivity contribution in [2.45, 2.75) is 57.8 Å². The van der Waals surface area contributed by atoms with Gasteiger partial charge in [-0.05, 0) is 56.4 Å².